The molecule has 0 spiro atoms. The molecule has 1 aliphatic heterocycles. The molecule has 0 aliphatic carbocycles. The third kappa shape index (κ3) is 5.00. The number of nitrogens with zero attached hydrogens (tertiary/aromatic N) is 2. The highest BCUT2D eigenvalue weighted by Crippen LogP contribution is 2.24. The van der Waals surface area contributed by atoms with Gasteiger partial charge >= 0.3 is 0 Å². The van der Waals surface area contributed by atoms with E-state index in [2.05, 4.69) is 4.72 Å². The number of nitro groups is 1. The molecule has 0 radical (unpaired) electrons. The summed E-state index contributed by atoms with van der Waals surface area (Å²) < 4.78 is 27.5. The van der Waals surface area contributed by atoms with Crippen molar-refractivity contribution in [3.8, 4) is 0 Å². The van der Waals surface area contributed by atoms with Crippen LogP contribution in [0.4, 0.5) is 11.4 Å². The van der Waals surface area contributed by atoms with Gasteiger partial charge in [0.15, 0.2) is 0 Å². The summed E-state index contributed by atoms with van der Waals surface area (Å²) in [6, 6.07) is 9.56. The van der Waals surface area contributed by atoms with Gasteiger partial charge in [0.25, 0.3) is 21.6 Å². The Labute approximate surface area is 179 Å². The number of sulfonamides is 1. The van der Waals surface area contributed by atoms with Crippen LogP contribution in [0.25, 0.3) is 0 Å². The third-order valence-electron chi connectivity index (χ3n) is 5.26. The molecule has 1 saturated heterocycles. The fourth-order valence-electron chi connectivity index (χ4n) is 3.40. The highest BCUT2D eigenvalue weighted by atomic mass is 32.2. The summed E-state index contributed by atoms with van der Waals surface area (Å²) in [4.78, 5) is 35.7. The number of carbonyl (C=O) groups is 2. The van der Waals surface area contributed by atoms with Gasteiger partial charge in [0.05, 0.1) is 9.82 Å². The summed E-state index contributed by atoms with van der Waals surface area (Å²) in [5.41, 5.74) is 5.97. The molecule has 2 amide bonds. The van der Waals surface area contributed by atoms with Crippen molar-refractivity contribution in [1.82, 2.24) is 4.90 Å². The largest absolute Gasteiger partial charge is 0.369 e. The first-order valence-corrected chi connectivity index (χ1v) is 11.0. The number of aryl methyl sites for hydroxylation is 1. The van der Waals surface area contributed by atoms with E-state index in [0.717, 1.165) is 6.07 Å². The molecule has 3 rings (SSSR count). The minimum Gasteiger partial charge on any atom is -0.369 e. The van der Waals surface area contributed by atoms with Crippen LogP contribution in [0.1, 0.15) is 28.8 Å². The highest BCUT2D eigenvalue weighted by molar-refractivity contribution is 7.92. The van der Waals surface area contributed by atoms with Crippen molar-refractivity contribution in [3.63, 3.8) is 0 Å². The second-order valence-electron chi connectivity index (χ2n) is 7.36. The molecule has 0 unspecified atom stereocenters. The van der Waals surface area contributed by atoms with Crippen molar-refractivity contribution < 1.29 is 22.9 Å². The van der Waals surface area contributed by atoms with E-state index >= 15 is 0 Å². The number of hydrogen-bond acceptors (Lipinski definition) is 6. The maximum Gasteiger partial charge on any atom is 0.273 e. The van der Waals surface area contributed by atoms with Gasteiger partial charge in [-0.25, -0.2) is 8.42 Å². The number of likely N-dealkylation sites (tertiary alicyclic amines) is 1. The number of primary amides is 1. The topological polar surface area (TPSA) is 153 Å². The molecule has 0 bridgehead atoms. The van der Waals surface area contributed by atoms with E-state index in [4.69, 9.17) is 5.73 Å². The van der Waals surface area contributed by atoms with E-state index in [-0.39, 0.29) is 34.0 Å². The van der Waals surface area contributed by atoms with Crippen molar-refractivity contribution >= 4 is 33.2 Å². The molecule has 0 aromatic heterocycles. The molecule has 11 heteroatoms. The van der Waals surface area contributed by atoms with Crippen molar-refractivity contribution in [2.75, 3.05) is 17.8 Å². The van der Waals surface area contributed by atoms with Crippen LogP contribution in [0.3, 0.4) is 0 Å². The van der Waals surface area contributed by atoms with E-state index in [1.54, 1.807) is 4.90 Å². The lowest BCUT2D eigenvalue weighted by Crippen LogP contribution is -2.41. The average Bonchev–Trinajstić information content (AvgIpc) is 2.73. The molecule has 2 aromatic rings. The van der Waals surface area contributed by atoms with Gasteiger partial charge < -0.3 is 10.6 Å². The second-order valence-corrected chi connectivity index (χ2v) is 9.04. The summed E-state index contributed by atoms with van der Waals surface area (Å²) in [6.45, 7) is 2.37. The first-order valence-electron chi connectivity index (χ1n) is 9.55. The molecule has 10 nitrogen and oxygen atoms in total. The van der Waals surface area contributed by atoms with E-state index in [9.17, 15) is 28.1 Å². The number of amides is 2. The van der Waals surface area contributed by atoms with Gasteiger partial charge in [-0.1, -0.05) is 6.07 Å². The van der Waals surface area contributed by atoms with Crippen LogP contribution >= 0.6 is 0 Å². The van der Waals surface area contributed by atoms with Crippen LogP contribution in [-0.4, -0.2) is 43.1 Å². The van der Waals surface area contributed by atoms with Crippen LogP contribution in [0.2, 0.25) is 0 Å². The van der Waals surface area contributed by atoms with Gasteiger partial charge in [-0.3, -0.25) is 24.4 Å². The Bertz CT molecular complexity index is 1120. The summed E-state index contributed by atoms with van der Waals surface area (Å²) in [5, 5.41) is 11.1. The lowest BCUT2D eigenvalue weighted by molar-refractivity contribution is -0.385. The molecular weight excluding hydrogens is 424 g/mol. The zero-order valence-corrected chi connectivity index (χ0v) is 17.6. The Hall–Kier alpha value is -3.47. The van der Waals surface area contributed by atoms with Crippen molar-refractivity contribution in [2.24, 2.45) is 11.7 Å². The minimum atomic E-state index is -4.05. The SMILES string of the molecule is Cc1ccc(S(=O)(=O)Nc2ccc(C(=O)N3CCC(C(N)=O)CC3)cc2)cc1[N+](=O)[O-]. The fourth-order valence-corrected chi connectivity index (χ4v) is 4.48. The molecule has 1 heterocycles. The standard InChI is InChI=1S/C20H22N4O6S/c1-13-2-7-17(12-18(13)24(27)28)31(29,30)22-16-5-3-15(4-6-16)20(26)23-10-8-14(9-11-23)19(21)25/h2-7,12,14,22H,8-11H2,1H3,(H2,21,25). The Morgan fingerprint density at radius 3 is 2.29 bits per heavy atom. The van der Waals surface area contributed by atoms with Crippen LogP contribution in [0.5, 0.6) is 0 Å². The molecule has 31 heavy (non-hydrogen) atoms. The highest BCUT2D eigenvalue weighted by Gasteiger charge is 2.26. The van der Waals surface area contributed by atoms with Gasteiger partial charge in [0.1, 0.15) is 0 Å². The number of carbonyl (C=O) groups excluding carboxylic acids is 2. The van der Waals surface area contributed by atoms with Crippen LogP contribution in [-0.2, 0) is 14.8 Å². The lowest BCUT2D eigenvalue weighted by atomic mass is 9.96. The van der Waals surface area contributed by atoms with Gasteiger partial charge in [-0.05, 0) is 50.1 Å². The first kappa shape index (κ1) is 22.2. The van der Waals surface area contributed by atoms with Crippen molar-refractivity contribution in [3.05, 3.63) is 63.7 Å². The Morgan fingerprint density at radius 2 is 1.74 bits per heavy atom. The number of piperidine rings is 1. The molecule has 164 valence electrons. The Kier molecular flexibility index (Phi) is 6.25. The number of anilines is 1. The monoisotopic (exact) mass is 446 g/mol. The maximum atomic E-state index is 12.6. The molecule has 1 fully saturated rings. The smallest absolute Gasteiger partial charge is 0.273 e. The number of nitro benzene ring substituents is 1. The number of rotatable bonds is 6. The third-order valence-corrected chi connectivity index (χ3v) is 6.64. The van der Waals surface area contributed by atoms with Gasteiger partial charge in [-0.15, -0.1) is 0 Å². The van der Waals surface area contributed by atoms with Crippen molar-refractivity contribution in [1.29, 1.82) is 0 Å². The van der Waals surface area contributed by atoms with E-state index in [1.165, 1.54) is 43.3 Å². The second kappa shape index (κ2) is 8.72. The normalized spacial score (nSPS) is 14.8. The van der Waals surface area contributed by atoms with E-state index < -0.39 is 14.9 Å². The number of benzene rings is 2. The van der Waals surface area contributed by atoms with Crippen LogP contribution < -0.4 is 10.5 Å². The predicted molar refractivity (Wildman–Crippen MR) is 113 cm³/mol. The quantitative estimate of drug-likeness (QED) is 0.511. The van der Waals surface area contributed by atoms with Gasteiger partial charge in [0, 0.05) is 41.9 Å². The molecule has 2 aromatic carbocycles. The Morgan fingerprint density at radius 1 is 1.13 bits per heavy atom. The number of hydrogen-bond donors (Lipinski definition) is 2. The average molecular weight is 446 g/mol. The van der Waals surface area contributed by atoms with Crippen LogP contribution in [0, 0.1) is 23.0 Å². The summed E-state index contributed by atoms with van der Waals surface area (Å²) >= 11 is 0. The summed E-state index contributed by atoms with van der Waals surface area (Å²) in [5.74, 6) is -0.799. The predicted octanol–water partition coefficient (Wildman–Crippen LogP) is 2.04. The first-order chi connectivity index (χ1) is 14.6. The minimum absolute atomic E-state index is 0.215. The fraction of sp³-hybridized carbons (Fsp3) is 0.300. The molecule has 0 saturated carbocycles. The number of nitrogens with one attached hydrogen (secondary N) is 1. The van der Waals surface area contributed by atoms with E-state index in [0.29, 0.717) is 37.1 Å². The summed E-state index contributed by atoms with van der Waals surface area (Å²) in [6.07, 6.45) is 1.03. The molecule has 0 atom stereocenters. The molecular formula is C20H22N4O6S. The Balaban J connectivity index is 1.70. The zero-order valence-electron chi connectivity index (χ0n) is 16.8. The van der Waals surface area contributed by atoms with Crippen LogP contribution in [0.15, 0.2) is 47.4 Å². The maximum absolute atomic E-state index is 12.6. The van der Waals surface area contributed by atoms with Crippen molar-refractivity contribution in [2.45, 2.75) is 24.7 Å². The van der Waals surface area contributed by atoms with Gasteiger partial charge in [-0.2, -0.15) is 0 Å². The zero-order chi connectivity index (χ0) is 22.8. The van der Waals surface area contributed by atoms with Gasteiger partial charge in [0.2, 0.25) is 5.91 Å². The lowest BCUT2D eigenvalue weighted by Gasteiger charge is -2.30. The molecule has 3 N–H and O–H groups in total. The molecule has 1 aliphatic rings. The van der Waals surface area contributed by atoms with E-state index in [1.807, 2.05) is 0 Å². The summed E-state index contributed by atoms with van der Waals surface area (Å²) in [7, 11) is -4.05. The number of nitrogens with two attached hydrogens (primary N) is 1.